The third kappa shape index (κ3) is 3.29. The number of hydrogen-bond donors (Lipinski definition) is 1. The highest BCUT2D eigenvalue weighted by Gasteiger charge is 1.97. The monoisotopic (exact) mass is 231 g/mol. The van der Waals surface area contributed by atoms with E-state index < -0.39 is 0 Å². The normalized spacial score (nSPS) is 10.6. The van der Waals surface area contributed by atoms with E-state index in [9.17, 15) is 0 Å². The third-order valence-electron chi connectivity index (χ3n) is 2.45. The Morgan fingerprint density at radius 1 is 1.35 bits per heavy atom. The fraction of sp³-hybridized carbons (Fsp3) is 0.333. The molecule has 17 heavy (non-hydrogen) atoms. The van der Waals surface area contributed by atoms with Crippen LogP contribution >= 0.6 is 0 Å². The minimum atomic E-state index is 0.814. The van der Waals surface area contributed by atoms with Gasteiger partial charge in [-0.25, -0.2) is 4.68 Å². The molecule has 0 spiro atoms. The lowest BCUT2D eigenvalue weighted by molar-refractivity contribution is 0.554. The molecule has 5 nitrogen and oxygen atoms in total. The third-order valence-corrected chi connectivity index (χ3v) is 2.45. The van der Waals surface area contributed by atoms with Crippen LogP contribution in [0.2, 0.25) is 0 Å². The molecule has 0 bridgehead atoms. The predicted molar refractivity (Wildman–Crippen MR) is 67.3 cm³/mol. The lowest BCUT2D eigenvalue weighted by atomic mass is 10.3. The summed E-state index contributed by atoms with van der Waals surface area (Å²) in [5.41, 5.74) is 2.35. The lowest BCUT2D eigenvalue weighted by Gasteiger charge is -2.03. The van der Waals surface area contributed by atoms with Crippen LogP contribution in [0.5, 0.6) is 0 Å². The summed E-state index contributed by atoms with van der Waals surface area (Å²) in [5, 5.41) is 11.7. The minimum Gasteiger partial charge on any atom is -0.311 e. The molecule has 0 aliphatic heterocycles. The summed E-state index contributed by atoms with van der Waals surface area (Å²) in [5.74, 6) is 0. The van der Waals surface area contributed by atoms with Crippen LogP contribution in [0.15, 0.2) is 31.4 Å². The molecule has 5 heteroatoms. The average molecular weight is 231 g/mol. The minimum absolute atomic E-state index is 0.814. The topological polar surface area (TPSA) is 47.7 Å². The maximum absolute atomic E-state index is 4.22. The molecule has 2 heterocycles. The van der Waals surface area contributed by atoms with Crippen LogP contribution in [0.4, 0.5) is 0 Å². The zero-order chi connectivity index (χ0) is 12.1. The molecule has 0 unspecified atom stereocenters. The summed E-state index contributed by atoms with van der Waals surface area (Å²) in [6.45, 7) is 8.27. The van der Waals surface area contributed by atoms with Gasteiger partial charge in [-0.3, -0.25) is 4.68 Å². The van der Waals surface area contributed by atoms with E-state index in [0.717, 1.165) is 25.2 Å². The summed E-state index contributed by atoms with van der Waals surface area (Å²) in [6, 6.07) is 0. The van der Waals surface area contributed by atoms with E-state index in [-0.39, 0.29) is 0 Å². The Kier molecular flexibility index (Phi) is 3.72. The van der Waals surface area contributed by atoms with Crippen molar-refractivity contribution in [3.05, 3.63) is 42.5 Å². The zero-order valence-electron chi connectivity index (χ0n) is 10.0. The van der Waals surface area contributed by atoms with Gasteiger partial charge in [0.05, 0.1) is 18.9 Å². The van der Waals surface area contributed by atoms with Gasteiger partial charge in [0, 0.05) is 37.2 Å². The van der Waals surface area contributed by atoms with Gasteiger partial charge in [-0.2, -0.15) is 10.2 Å². The van der Waals surface area contributed by atoms with Crippen molar-refractivity contribution in [2.75, 3.05) is 6.54 Å². The summed E-state index contributed by atoms with van der Waals surface area (Å²) in [4.78, 5) is 0. The molecular weight excluding hydrogens is 214 g/mol. The molecule has 0 radical (unpaired) electrons. The Morgan fingerprint density at radius 2 is 2.24 bits per heavy atom. The number of rotatable bonds is 6. The fourth-order valence-corrected chi connectivity index (χ4v) is 1.58. The van der Waals surface area contributed by atoms with E-state index in [1.807, 2.05) is 36.4 Å². The van der Waals surface area contributed by atoms with Crippen molar-refractivity contribution in [2.45, 2.75) is 20.0 Å². The summed E-state index contributed by atoms with van der Waals surface area (Å²) >= 11 is 0. The SMILES string of the molecule is C=Cn1cc(CNCCn2cc(C)cn2)cn1. The first kappa shape index (κ1) is 11.6. The van der Waals surface area contributed by atoms with Gasteiger partial charge in [0.2, 0.25) is 0 Å². The van der Waals surface area contributed by atoms with E-state index in [1.165, 1.54) is 5.56 Å². The number of hydrogen-bond acceptors (Lipinski definition) is 3. The van der Waals surface area contributed by atoms with Crippen LogP contribution < -0.4 is 5.32 Å². The molecule has 0 aromatic carbocycles. The number of aromatic nitrogens is 4. The van der Waals surface area contributed by atoms with Gasteiger partial charge in [-0.05, 0) is 12.5 Å². The first-order chi connectivity index (χ1) is 8.28. The molecule has 0 atom stereocenters. The maximum atomic E-state index is 4.22. The Bertz CT molecular complexity index is 483. The molecule has 0 fully saturated rings. The predicted octanol–water partition coefficient (Wildman–Crippen LogP) is 1.28. The fourth-order valence-electron chi connectivity index (χ4n) is 1.58. The average Bonchev–Trinajstić information content (AvgIpc) is 2.93. The van der Waals surface area contributed by atoms with Crippen LogP contribution in [-0.4, -0.2) is 26.1 Å². The van der Waals surface area contributed by atoms with Crippen molar-refractivity contribution in [2.24, 2.45) is 0 Å². The highest BCUT2D eigenvalue weighted by atomic mass is 15.3. The van der Waals surface area contributed by atoms with Crippen molar-refractivity contribution >= 4 is 6.20 Å². The second-order valence-corrected chi connectivity index (χ2v) is 3.97. The molecule has 2 rings (SSSR count). The second kappa shape index (κ2) is 5.45. The zero-order valence-corrected chi connectivity index (χ0v) is 10.0. The quantitative estimate of drug-likeness (QED) is 0.762. The van der Waals surface area contributed by atoms with Crippen LogP contribution in [0.25, 0.3) is 6.20 Å². The Hall–Kier alpha value is -1.88. The standard InChI is InChI=1S/C12H17N5/c1-3-16-10-12(8-15-16)7-13-4-5-17-9-11(2)6-14-17/h3,6,8-10,13H,1,4-5,7H2,2H3. The highest BCUT2D eigenvalue weighted by molar-refractivity contribution is 5.17. The van der Waals surface area contributed by atoms with Crippen LogP contribution in [-0.2, 0) is 13.1 Å². The van der Waals surface area contributed by atoms with E-state index in [4.69, 9.17) is 0 Å². The van der Waals surface area contributed by atoms with E-state index in [1.54, 1.807) is 10.9 Å². The van der Waals surface area contributed by atoms with E-state index >= 15 is 0 Å². The van der Waals surface area contributed by atoms with Crippen molar-refractivity contribution in [1.82, 2.24) is 24.9 Å². The van der Waals surface area contributed by atoms with Crippen molar-refractivity contribution in [3.63, 3.8) is 0 Å². The van der Waals surface area contributed by atoms with Crippen molar-refractivity contribution < 1.29 is 0 Å². The molecule has 0 saturated carbocycles. The van der Waals surface area contributed by atoms with Gasteiger partial charge < -0.3 is 5.32 Å². The smallest absolute Gasteiger partial charge is 0.0538 e. The van der Waals surface area contributed by atoms with Gasteiger partial charge in [-0.15, -0.1) is 0 Å². The number of aryl methyl sites for hydroxylation is 1. The largest absolute Gasteiger partial charge is 0.311 e. The van der Waals surface area contributed by atoms with Crippen LogP contribution in [0, 0.1) is 6.92 Å². The summed E-state index contributed by atoms with van der Waals surface area (Å²) in [7, 11) is 0. The van der Waals surface area contributed by atoms with E-state index in [2.05, 4.69) is 22.1 Å². The molecule has 0 aliphatic carbocycles. The Morgan fingerprint density at radius 3 is 2.88 bits per heavy atom. The molecule has 2 aromatic rings. The van der Waals surface area contributed by atoms with E-state index in [0.29, 0.717) is 0 Å². The first-order valence-corrected chi connectivity index (χ1v) is 5.63. The van der Waals surface area contributed by atoms with Crippen molar-refractivity contribution in [1.29, 1.82) is 0 Å². The first-order valence-electron chi connectivity index (χ1n) is 5.63. The molecule has 0 aliphatic rings. The summed E-state index contributed by atoms with van der Waals surface area (Å²) in [6.07, 6.45) is 9.38. The molecule has 0 amide bonds. The van der Waals surface area contributed by atoms with Gasteiger partial charge in [0.15, 0.2) is 0 Å². The van der Waals surface area contributed by atoms with Gasteiger partial charge in [0.25, 0.3) is 0 Å². The van der Waals surface area contributed by atoms with Gasteiger partial charge >= 0.3 is 0 Å². The maximum Gasteiger partial charge on any atom is 0.0538 e. The van der Waals surface area contributed by atoms with Crippen molar-refractivity contribution in [3.8, 4) is 0 Å². The number of nitrogens with zero attached hydrogens (tertiary/aromatic N) is 4. The van der Waals surface area contributed by atoms with Crippen LogP contribution in [0.3, 0.4) is 0 Å². The molecule has 90 valence electrons. The molecular formula is C12H17N5. The highest BCUT2D eigenvalue weighted by Crippen LogP contribution is 1.97. The molecule has 0 saturated heterocycles. The number of nitrogens with one attached hydrogen (secondary N) is 1. The van der Waals surface area contributed by atoms with Crippen LogP contribution in [0.1, 0.15) is 11.1 Å². The second-order valence-electron chi connectivity index (χ2n) is 3.97. The molecule has 2 aromatic heterocycles. The Balaban J connectivity index is 1.71. The molecule has 1 N–H and O–H groups in total. The van der Waals surface area contributed by atoms with Gasteiger partial charge in [0.1, 0.15) is 0 Å². The lowest BCUT2D eigenvalue weighted by Crippen LogP contribution is -2.19. The van der Waals surface area contributed by atoms with Gasteiger partial charge in [-0.1, -0.05) is 6.58 Å². The Labute approximate surface area is 101 Å². The summed E-state index contributed by atoms with van der Waals surface area (Å²) < 4.78 is 3.64.